The summed E-state index contributed by atoms with van der Waals surface area (Å²) < 4.78 is 0. The molecule has 24 heavy (non-hydrogen) atoms. The first-order chi connectivity index (χ1) is 11.8. The first kappa shape index (κ1) is 14.9. The minimum Gasteiger partial charge on any atom is -0.340 e. The zero-order chi connectivity index (χ0) is 16.4. The van der Waals surface area contributed by atoms with Crippen LogP contribution in [0.1, 0.15) is 13.3 Å². The van der Waals surface area contributed by atoms with Gasteiger partial charge in [-0.25, -0.2) is 4.98 Å². The van der Waals surface area contributed by atoms with Crippen molar-refractivity contribution in [2.24, 2.45) is 0 Å². The van der Waals surface area contributed by atoms with Crippen LogP contribution in [-0.4, -0.2) is 45.8 Å². The highest BCUT2D eigenvalue weighted by Gasteiger charge is 2.19. The molecule has 7 nitrogen and oxygen atoms in total. The van der Waals surface area contributed by atoms with Gasteiger partial charge in [0.25, 0.3) is 0 Å². The van der Waals surface area contributed by atoms with E-state index in [2.05, 4.69) is 43.7 Å². The molecule has 1 unspecified atom stereocenters. The molecule has 1 atom stereocenters. The molecule has 3 aromatic rings. The van der Waals surface area contributed by atoms with Crippen LogP contribution in [0.5, 0.6) is 0 Å². The highest BCUT2D eigenvalue weighted by molar-refractivity contribution is 5.82. The summed E-state index contributed by atoms with van der Waals surface area (Å²) in [6.07, 6.45) is 4.72. The van der Waals surface area contributed by atoms with Crippen LogP contribution in [0.2, 0.25) is 0 Å². The topological polar surface area (TPSA) is 81.8 Å². The number of benzene rings is 1. The SMILES string of the molecule is CC1CCNCCN1c1nccc(Nc2ccc3[nH]ncc3c2)n1. The Hall–Kier alpha value is -2.67. The molecule has 1 aromatic carbocycles. The lowest BCUT2D eigenvalue weighted by molar-refractivity contribution is 0.620. The molecular weight excluding hydrogens is 302 g/mol. The van der Waals surface area contributed by atoms with Crippen LogP contribution in [0, 0.1) is 0 Å². The van der Waals surface area contributed by atoms with Gasteiger partial charge in [-0.1, -0.05) is 0 Å². The standard InChI is InChI=1S/C17H21N7/c1-12-4-6-18-8-9-24(12)17-19-7-5-16(22-17)21-14-2-3-15-13(10-14)11-20-23-15/h2-3,5,7,10-12,18H,4,6,8-9H2,1H3,(H,20,23)(H,19,21,22). The van der Waals surface area contributed by atoms with Crippen molar-refractivity contribution in [2.45, 2.75) is 19.4 Å². The van der Waals surface area contributed by atoms with E-state index in [1.165, 1.54) is 0 Å². The normalized spacial score (nSPS) is 18.5. The van der Waals surface area contributed by atoms with Gasteiger partial charge in [0.1, 0.15) is 5.82 Å². The lowest BCUT2D eigenvalue weighted by Crippen LogP contribution is -2.35. The Morgan fingerprint density at radius 3 is 3.17 bits per heavy atom. The zero-order valence-corrected chi connectivity index (χ0v) is 13.7. The Bertz CT molecular complexity index is 828. The van der Waals surface area contributed by atoms with E-state index in [-0.39, 0.29) is 0 Å². The molecule has 1 saturated heterocycles. The molecule has 1 fully saturated rings. The minimum atomic E-state index is 0.428. The molecule has 3 N–H and O–H groups in total. The summed E-state index contributed by atoms with van der Waals surface area (Å²) in [5.74, 6) is 1.58. The van der Waals surface area contributed by atoms with Crippen molar-refractivity contribution in [1.82, 2.24) is 25.5 Å². The van der Waals surface area contributed by atoms with Crippen molar-refractivity contribution in [3.05, 3.63) is 36.7 Å². The molecule has 0 spiro atoms. The predicted octanol–water partition coefficient (Wildman–Crippen LogP) is 2.28. The molecule has 0 amide bonds. The third kappa shape index (κ3) is 3.03. The maximum Gasteiger partial charge on any atom is 0.227 e. The van der Waals surface area contributed by atoms with Crippen LogP contribution in [0.3, 0.4) is 0 Å². The van der Waals surface area contributed by atoms with E-state index in [0.717, 1.165) is 54.4 Å². The number of hydrogen-bond acceptors (Lipinski definition) is 6. The molecule has 0 saturated carbocycles. The van der Waals surface area contributed by atoms with Gasteiger partial charge in [0.05, 0.1) is 11.7 Å². The van der Waals surface area contributed by atoms with Gasteiger partial charge in [-0.3, -0.25) is 5.10 Å². The van der Waals surface area contributed by atoms with Gasteiger partial charge < -0.3 is 15.5 Å². The molecule has 124 valence electrons. The third-order valence-corrected chi connectivity index (χ3v) is 4.41. The minimum absolute atomic E-state index is 0.428. The van der Waals surface area contributed by atoms with E-state index in [4.69, 9.17) is 4.98 Å². The first-order valence-electron chi connectivity index (χ1n) is 8.30. The average molecular weight is 323 g/mol. The van der Waals surface area contributed by atoms with Gasteiger partial charge in [-0.05, 0) is 44.2 Å². The maximum atomic E-state index is 4.70. The van der Waals surface area contributed by atoms with E-state index in [1.807, 2.05) is 30.6 Å². The van der Waals surface area contributed by atoms with Crippen LogP contribution < -0.4 is 15.5 Å². The second-order valence-electron chi connectivity index (χ2n) is 6.12. The third-order valence-electron chi connectivity index (χ3n) is 4.41. The van der Waals surface area contributed by atoms with E-state index in [9.17, 15) is 0 Å². The molecule has 1 aliphatic heterocycles. The molecule has 4 rings (SSSR count). The van der Waals surface area contributed by atoms with Crippen molar-refractivity contribution >= 4 is 28.4 Å². The van der Waals surface area contributed by atoms with Crippen molar-refractivity contribution in [3.8, 4) is 0 Å². The largest absolute Gasteiger partial charge is 0.340 e. The predicted molar refractivity (Wildman–Crippen MR) is 95.7 cm³/mol. The number of nitrogens with zero attached hydrogens (tertiary/aromatic N) is 4. The van der Waals surface area contributed by atoms with Crippen LogP contribution in [0.4, 0.5) is 17.5 Å². The average Bonchev–Trinajstić information content (AvgIpc) is 2.95. The number of aromatic amines is 1. The van der Waals surface area contributed by atoms with Crippen LogP contribution in [0.25, 0.3) is 10.9 Å². The Kier molecular flexibility index (Phi) is 4.00. The number of rotatable bonds is 3. The Morgan fingerprint density at radius 2 is 2.21 bits per heavy atom. The fourth-order valence-electron chi connectivity index (χ4n) is 3.03. The summed E-state index contributed by atoms with van der Waals surface area (Å²) in [7, 11) is 0. The molecule has 1 aliphatic rings. The summed E-state index contributed by atoms with van der Waals surface area (Å²) in [5, 5.41) is 14.9. The van der Waals surface area contributed by atoms with Crippen LogP contribution >= 0.6 is 0 Å². The number of aromatic nitrogens is 4. The highest BCUT2D eigenvalue weighted by Crippen LogP contribution is 2.22. The van der Waals surface area contributed by atoms with Crippen LogP contribution in [-0.2, 0) is 0 Å². The summed E-state index contributed by atoms with van der Waals surface area (Å²) in [5.41, 5.74) is 2.01. The highest BCUT2D eigenvalue weighted by atomic mass is 15.3. The number of H-pyrrole nitrogens is 1. The van der Waals surface area contributed by atoms with Gasteiger partial charge in [0.15, 0.2) is 0 Å². The molecule has 0 radical (unpaired) electrons. The number of hydrogen-bond donors (Lipinski definition) is 3. The fourth-order valence-corrected chi connectivity index (χ4v) is 3.03. The molecular formula is C17H21N7. The maximum absolute atomic E-state index is 4.70. The van der Waals surface area contributed by atoms with Crippen molar-refractivity contribution in [3.63, 3.8) is 0 Å². The zero-order valence-electron chi connectivity index (χ0n) is 13.7. The lowest BCUT2D eigenvalue weighted by atomic mass is 10.2. The van der Waals surface area contributed by atoms with Crippen molar-refractivity contribution < 1.29 is 0 Å². The summed E-state index contributed by atoms with van der Waals surface area (Å²) in [6.45, 7) is 5.15. The molecule has 2 aromatic heterocycles. The van der Waals surface area contributed by atoms with Gasteiger partial charge in [0.2, 0.25) is 5.95 Å². The Labute approximate surface area is 140 Å². The van der Waals surface area contributed by atoms with Gasteiger partial charge in [-0.15, -0.1) is 0 Å². The van der Waals surface area contributed by atoms with E-state index < -0.39 is 0 Å². The molecule has 0 aliphatic carbocycles. The Balaban J connectivity index is 1.57. The van der Waals surface area contributed by atoms with E-state index in [1.54, 1.807) is 0 Å². The quantitative estimate of drug-likeness (QED) is 0.686. The lowest BCUT2D eigenvalue weighted by Gasteiger charge is -2.26. The van der Waals surface area contributed by atoms with E-state index >= 15 is 0 Å². The first-order valence-corrected chi connectivity index (χ1v) is 8.30. The molecule has 3 heterocycles. The number of nitrogens with one attached hydrogen (secondary N) is 3. The van der Waals surface area contributed by atoms with Gasteiger partial charge >= 0.3 is 0 Å². The summed E-state index contributed by atoms with van der Waals surface area (Å²) >= 11 is 0. The summed E-state index contributed by atoms with van der Waals surface area (Å²) in [4.78, 5) is 11.4. The van der Waals surface area contributed by atoms with Crippen molar-refractivity contribution in [2.75, 3.05) is 29.9 Å². The second kappa shape index (κ2) is 6.45. The van der Waals surface area contributed by atoms with Gasteiger partial charge in [0, 0.05) is 36.4 Å². The summed E-state index contributed by atoms with van der Waals surface area (Å²) in [6, 6.07) is 8.40. The smallest absolute Gasteiger partial charge is 0.227 e. The second-order valence-corrected chi connectivity index (χ2v) is 6.12. The van der Waals surface area contributed by atoms with Crippen LogP contribution in [0.15, 0.2) is 36.7 Å². The molecule has 7 heteroatoms. The fraction of sp³-hybridized carbons (Fsp3) is 0.353. The molecule has 0 bridgehead atoms. The van der Waals surface area contributed by atoms with E-state index in [0.29, 0.717) is 6.04 Å². The van der Waals surface area contributed by atoms with Gasteiger partial charge in [-0.2, -0.15) is 10.1 Å². The van der Waals surface area contributed by atoms with Crippen molar-refractivity contribution in [1.29, 1.82) is 0 Å². The number of anilines is 3. The number of fused-ring (bicyclic) bond motifs is 1. The Morgan fingerprint density at radius 1 is 1.25 bits per heavy atom. The monoisotopic (exact) mass is 323 g/mol.